The molecule has 4 heteroatoms. The van der Waals surface area contributed by atoms with E-state index < -0.39 is 0 Å². The molecule has 0 bridgehead atoms. The van der Waals surface area contributed by atoms with Gasteiger partial charge in [0, 0.05) is 11.6 Å². The summed E-state index contributed by atoms with van der Waals surface area (Å²) in [4.78, 5) is 22.9. The van der Waals surface area contributed by atoms with Crippen LogP contribution in [0.15, 0.2) is 24.3 Å². The molecule has 1 fully saturated rings. The van der Waals surface area contributed by atoms with Crippen LogP contribution in [0.5, 0.6) is 0 Å². The first-order valence-corrected chi connectivity index (χ1v) is 6.57. The molecule has 1 saturated carbocycles. The number of benzene rings is 1. The van der Waals surface area contributed by atoms with Gasteiger partial charge in [0.2, 0.25) is 5.91 Å². The molecule has 1 aromatic carbocycles. The zero-order valence-corrected chi connectivity index (χ0v) is 11.3. The lowest BCUT2D eigenvalue weighted by Gasteiger charge is -2.10. The third-order valence-electron chi connectivity index (χ3n) is 3.32. The summed E-state index contributed by atoms with van der Waals surface area (Å²) in [5.74, 6) is -0.0438. The zero-order valence-electron chi connectivity index (χ0n) is 11.3. The molecule has 19 heavy (non-hydrogen) atoms. The summed E-state index contributed by atoms with van der Waals surface area (Å²) < 4.78 is 4.70. The Hall–Kier alpha value is -1.84. The van der Waals surface area contributed by atoms with Crippen molar-refractivity contribution in [2.45, 2.75) is 26.2 Å². The molecule has 102 valence electrons. The van der Waals surface area contributed by atoms with E-state index in [0.717, 1.165) is 24.1 Å². The first-order valence-electron chi connectivity index (χ1n) is 6.57. The Labute approximate surface area is 113 Å². The monoisotopic (exact) mass is 261 g/mol. The van der Waals surface area contributed by atoms with Crippen molar-refractivity contribution < 1.29 is 14.3 Å². The van der Waals surface area contributed by atoms with Gasteiger partial charge in [-0.3, -0.25) is 9.59 Å². The molecule has 4 nitrogen and oxygen atoms in total. The van der Waals surface area contributed by atoms with E-state index in [1.807, 2.05) is 31.2 Å². The predicted octanol–water partition coefficient (Wildman–Crippen LogP) is 2.39. The van der Waals surface area contributed by atoms with Crippen LogP contribution >= 0.6 is 0 Å². The van der Waals surface area contributed by atoms with Crippen LogP contribution in [0.2, 0.25) is 0 Å². The maximum absolute atomic E-state index is 11.6. The Morgan fingerprint density at radius 3 is 2.47 bits per heavy atom. The number of ether oxygens (including phenoxy) is 1. The molecular weight excluding hydrogens is 242 g/mol. The molecule has 0 aliphatic heterocycles. The van der Waals surface area contributed by atoms with Gasteiger partial charge in [-0.2, -0.15) is 0 Å². The molecule has 1 unspecified atom stereocenters. The van der Waals surface area contributed by atoms with Gasteiger partial charge < -0.3 is 10.1 Å². The average Bonchev–Trinajstić information content (AvgIpc) is 3.24. The van der Waals surface area contributed by atoms with Crippen LogP contribution in [0.4, 0.5) is 5.69 Å². The standard InChI is InChI=1S/C15H19NO3/c1-10(15(18)19-2)9-11-3-7-13(8-4-11)16-14(17)12-5-6-12/h3-4,7-8,10,12H,5-6,9H2,1-2H3,(H,16,17). The summed E-state index contributed by atoms with van der Waals surface area (Å²) in [6, 6.07) is 7.61. The molecule has 1 amide bonds. The highest BCUT2D eigenvalue weighted by Gasteiger charge is 2.29. The highest BCUT2D eigenvalue weighted by atomic mass is 16.5. The molecule has 0 radical (unpaired) electrons. The summed E-state index contributed by atoms with van der Waals surface area (Å²) in [5.41, 5.74) is 1.87. The van der Waals surface area contributed by atoms with Crippen molar-refractivity contribution in [2.24, 2.45) is 11.8 Å². The minimum absolute atomic E-state index is 0.107. The number of carbonyl (C=O) groups excluding carboxylic acids is 2. The number of nitrogens with one attached hydrogen (secondary N) is 1. The van der Waals surface area contributed by atoms with Crippen molar-refractivity contribution in [1.29, 1.82) is 0 Å². The molecule has 0 heterocycles. The second-order valence-electron chi connectivity index (χ2n) is 5.09. The summed E-state index contributed by atoms with van der Waals surface area (Å²) in [7, 11) is 1.40. The van der Waals surface area contributed by atoms with E-state index in [1.165, 1.54) is 7.11 Å². The number of methoxy groups -OCH3 is 1. The summed E-state index contributed by atoms with van der Waals surface area (Å²) in [5, 5.41) is 2.89. The second kappa shape index (κ2) is 5.87. The zero-order chi connectivity index (χ0) is 13.8. The van der Waals surface area contributed by atoms with E-state index in [-0.39, 0.29) is 23.7 Å². The average molecular weight is 261 g/mol. The molecule has 1 aromatic rings. The molecule has 1 N–H and O–H groups in total. The molecule has 0 spiro atoms. The number of hydrogen-bond donors (Lipinski definition) is 1. The predicted molar refractivity (Wildman–Crippen MR) is 72.7 cm³/mol. The van der Waals surface area contributed by atoms with Gasteiger partial charge in [0.15, 0.2) is 0 Å². The third-order valence-corrected chi connectivity index (χ3v) is 3.32. The van der Waals surface area contributed by atoms with Gasteiger partial charge in [-0.1, -0.05) is 19.1 Å². The lowest BCUT2D eigenvalue weighted by Crippen LogP contribution is -2.15. The first-order chi connectivity index (χ1) is 9.10. The van der Waals surface area contributed by atoms with E-state index in [2.05, 4.69) is 5.32 Å². The van der Waals surface area contributed by atoms with Crippen LogP contribution in [0.3, 0.4) is 0 Å². The quantitative estimate of drug-likeness (QED) is 0.828. The van der Waals surface area contributed by atoms with Crippen molar-refractivity contribution in [3.63, 3.8) is 0 Å². The largest absolute Gasteiger partial charge is 0.469 e. The molecule has 1 aliphatic carbocycles. The first kappa shape index (κ1) is 13.6. The number of carbonyl (C=O) groups is 2. The van der Waals surface area contributed by atoms with Crippen molar-refractivity contribution >= 4 is 17.6 Å². The number of rotatable bonds is 5. The van der Waals surface area contributed by atoms with Crippen LogP contribution in [-0.2, 0) is 20.7 Å². The van der Waals surface area contributed by atoms with E-state index in [4.69, 9.17) is 4.74 Å². The van der Waals surface area contributed by atoms with E-state index in [9.17, 15) is 9.59 Å². The summed E-state index contributed by atoms with van der Waals surface area (Å²) in [6.07, 6.45) is 2.64. The van der Waals surface area contributed by atoms with Crippen LogP contribution < -0.4 is 5.32 Å². The van der Waals surface area contributed by atoms with Gasteiger partial charge in [-0.15, -0.1) is 0 Å². The lowest BCUT2D eigenvalue weighted by atomic mass is 10.0. The fraction of sp³-hybridized carbons (Fsp3) is 0.467. The Balaban J connectivity index is 1.90. The Bertz CT molecular complexity index is 463. The highest BCUT2D eigenvalue weighted by Crippen LogP contribution is 2.30. The van der Waals surface area contributed by atoms with Crippen LogP contribution in [-0.4, -0.2) is 19.0 Å². The van der Waals surface area contributed by atoms with Gasteiger partial charge in [0.25, 0.3) is 0 Å². The lowest BCUT2D eigenvalue weighted by molar-refractivity contribution is -0.144. The summed E-state index contributed by atoms with van der Waals surface area (Å²) in [6.45, 7) is 1.84. The van der Waals surface area contributed by atoms with Crippen LogP contribution in [0.25, 0.3) is 0 Å². The number of amides is 1. The van der Waals surface area contributed by atoms with Gasteiger partial charge >= 0.3 is 5.97 Å². The fourth-order valence-electron chi connectivity index (χ4n) is 1.95. The van der Waals surface area contributed by atoms with Crippen LogP contribution in [0.1, 0.15) is 25.3 Å². The number of hydrogen-bond acceptors (Lipinski definition) is 3. The van der Waals surface area contributed by atoms with Gasteiger partial charge in [0.1, 0.15) is 0 Å². The molecule has 1 aliphatic rings. The van der Waals surface area contributed by atoms with E-state index in [0.29, 0.717) is 6.42 Å². The fourth-order valence-corrected chi connectivity index (χ4v) is 1.95. The second-order valence-corrected chi connectivity index (χ2v) is 5.09. The SMILES string of the molecule is COC(=O)C(C)Cc1ccc(NC(=O)C2CC2)cc1. The Kier molecular flexibility index (Phi) is 4.20. The minimum atomic E-state index is -0.203. The Morgan fingerprint density at radius 2 is 1.95 bits per heavy atom. The summed E-state index contributed by atoms with van der Waals surface area (Å²) >= 11 is 0. The Morgan fingerprint density at radius 1 is 1.32 bits per heavy atom. The number of esters is 1. The van der Waals surface area contributed by atoms with Gasteiger partial charge in [-0.05, 0) is 37.0 Å². The molecule has 2 rings (SSSR count). The smallest absolute Gasteiger partial charge is 0.308 e. The highest BCUT2D eigenvalue weighted by molar-refractivity contribution is 5.94. The molecule has 1 atom stereocenters. The van der Waals surface area contributed by atoms with Crippen molar-refractivity contribution in [1.82, 2.24) is 0 Å². The minimum Gasteiger partial charge on any atom is -0.469 e. The van der Waals surface area contributed by atoms with Crippen molar-refractivity contribution in [3.05, 3.63) is 29.8 Å². The third kappa shape index (κ3) is 3.81. The maximum Gasteiger partial charge on any atom is 0.308 e. The van der Waals surface area contributed by atoms with Crippen molar-refractivity contribution in [2.75, 3.05) is 12.4 Å². The van der Waals surface area contributed by atoms with Crippen LogP contribution in [0, 0.1) is 11.8 Å². The molecule has 0 aromatic heterocycles. The van der Waals surface area contributed by atoms with Gasteiger partial charge in [-0.25, -0.2) is 0 Å². The van der Waals surface area contributed by atoms with E-state index in [1.54, 1.807) is 0 Å². The normalized spacial score (nSPS) is 15.7. The van der Waals surface area contributed by atoms with E-state index >= 15 is 0 Å². The topological polar surface area (TPSA) is 55.4 Å². The van der Waals surface area contributed by atoms with Crippen molar-refractivity contribution in [3.8, 4) is 0 Å². The maximum atomic E-state index is 11.6. The molecule has 0 saturated heterocycles. The molecular formula is C15H19NO3. The number of anilines is 1. The van der Waals surface area contributed by atoms with Gasteiger partial charge in [0.05, 0.1) is 13.0 Å².